The van der Waals surface area contributed by atoms with Crippen LogP contribution in [0.5, 0.6) is 0 Å². The lowest BCUT2D eigenvalue weighted by Gasteiger charge is -2.12. The van der Waals surface area contributed by atoms with Crippen LogP contribution in [0.15, 0.2) is 18.2 Å². The molecule has 0 aliphatic heterocycles. The van der Waals surface area contributed by atoms with Gasteiger partial charge in [0.05, 0.1) is 5.69 Å². The zero-order valence-corrected chi connectivity index (χ0v) is 11.1. The molecule has 2 aromatic rings. The normalized spacial score (nSPS) is 13.5. The first kappa shape index (κ1) is 12.0. The molecule has 0 fully saturated rings. The molecule has 1 aromatic heterocycles. The summed E-state index contributed by atoms with van der Waals surface area (Å²) in [6.07, 6.45) is 4.38. The Balaban J connectivity index is 2.16. The van der Waals surface area contributed by atoms with Crippen molar-refractivity contribution in [3.63, 3.8) is 0 Å². The summed E-state index contributed by atoms with van der Waals surface area (Å²) in [6.45, 7) is 2.05. The van der Waals surface area contributed by atoms with Gasteiger partial charge in [0.1, 0.15) is 5.82 Å². The van der Waals surface area contributed by atoms with Gasteiger partial charge in [-0.05, 0) is 42.4 Å². The lowest BCUT2D eigenvalue weighted by Crippen LogP contribution is -2.06. The van der Waals surface area contributed by atoms with Crippen LogP contribution in [0.4, 0.5) is 11.8 Å². The molecule has 0 atom stereocenters. The number of fused-ring (bicyclic) bond motifs is 1. The fourth-order valence-corrected chi connectivity index (χ4v) is 2.84. The summed E-state index contributed by atoms with van der Waals surface area (Å²) in [6, 6.07) is 6.55. The van der Waals surface area contributed by atoms with Crippen LogP contribution < -0.4 is 11.5 Å². The minimum Gasteiger partial charge on any atom is -0.383 e. The summed E-state index contributed by atoms with van der Waals surface area (Å²) >= 11 is 0. The summed E-state index contributed by atoms with van der Waals surface area (Å²) in [5.41, 5.74) is 17.6. The second kappa shape index (κ2) is 4.53. The van der Waals surface area contributed by atoms with Crippen LogP contribution in [0.1, 0.15) is 30.2 Å². The molecule has 1 aromatic carbocycles. The molecular weight excluding hydrogens is 236 g/mol. The minimum atomic E-state index is 0.249. The highest BCUT2D eigenvalue weighted by Gasteiger charge is 2.16. The van der Waals surface area contributed by atoms with Crippen LogP contribution in [0.3, 0.4) is 0 Å². The molecule has 19 heavy (non-hydrogen) atoms. The predicted octanol–water partition coefficient (Wildman–Crippen LogP) is 2.36. The van der Waals surface area contributed by atoms with E-state index in [9.17, 15) is 0 Å². The average Bonchev–Trinajstić information content (AvgIpc) is 2.84. The third-order valence-electron chi connectivity index (χ3n) is 3.75. The maximum Gasteiger partial charge on any atom is 0.222 e. The lowest BCUT2D eigenvalue weighted by atomic mass is 9.99. The van der Waals surface area contributed by atoms with Gasteiger partial charge in [0.2, 0.25) is 5.95 Å². The molecule has 4 N–H and O–H groups in total. The Morgan fingerprint density at radius 2 is 1.89 bits per heavy atom. The summed E-state index contributed by atoms with van der Waals surface area (Å²) < 4.78 is 0. The van der Waals surface area contributed by atoms with Gasteiger partial charge in [-0.15, -0.1) is 0 Å². The molecule has 98 valence electrons. The second-order valence-corrected chi connectivity index (χ2v) is 4.98. The van der Waals surface area contributed by atoms with Gasteiger partial charge >= 0.3 is 0 Å². The molecule has 0 unspecified atom stereocenters. The zero-order chi connectivity index (χ0) is 13.4. The molecule has 4 nitrogen and oxygen atoms in total. The van der Waals surface area contributed by atoms with Gasteiger partial charge in [-0.25, -0.2) is 4.98 Å². The Kier molecular flexibility index (Phi) is 2.85. The van der Waals surface area contributed by atoms with E-state index in [0.717, 1.165) is 29.7 Å². The standard InChI is InChI=1S/C15H18N4/c1-2-12-13(14(16)19-15(17)18-12)11-7-6-9-4-3-5-10(9)8-11/h6-8H,2-5H2,1H3,(H4,16,17,18,19). The second-order valence-electron chi connectivity index (χ2n) is 4.98. The number of hydrogen-bond acceptors (Lipinski definition) is 4. The molecular formula is C15H18N4. The van der Waals surface area contributed by atoms with E-state index in [2.05, 4.69) is 35.1 Å². The van der Waals surface area contributed by atoms with Crippen LogP contribution >= 0.6 is 0 Å². The van der Waals surface area contributed by atoms with Crippen LogP contribution in [-0.2, 0) is 19.3 Å². The van der Waals surface area contributed by atoms with Crippen LogP contribution in [-0.4, -0.2) is 9.97 Å². The predicted molar refractivity (Wildman–Crippen MR) is 77.7 cm³/mol. The third kappa shape index (κ3) is 2.03. The minimum absolute atomic E-state index is 0.249. The topological polar surface area (TPSA) is 77.8 Å². The monoisotopic (exact) mass is 254 g/mol. The first-order chi connectivity index (χ1) is 9.19. The van der Waals surface area contributed by atoms with E-state index in [1.165, 1.54) is 24.0 Å². The molecule has 1 heterocycles. The number of anilines is 2. The Labute approximate surface area is 112 Å². The number of rotatable bonds is 2. The van der Waals surface area contributed by atoms with Crippen LogP contribution in [0, 0.1) is 0 Å². The molecule has 3 rings (SSSR count). The fraction of sp³-hybridized carbons (Fsp3) is 0.333. The zero-order valence-electron chi connectivity index (χ0n) is 11.1. The summed E-state index contributed by atoms with van der Waals surface area (Å²) in [5, 5.41) is 0. The molecule has 0 saturated heterocycles. The number of nitrogens with zero attached hydrogens (tertiary/aromatic N) is 2. The van der Waals surface area contributed by atoms with E-state index in [4.69, 9.17) is 11.5 Å². The van der Waals surface area contributed by atoms with Crippen molar-refractivity contribution >= 4 is 11.8 Å². The van der Waals surface area contributed by atoms with Gasteiger partial charge in [-0.2, -0.15) is 4.98 Å². The van der Waals surface area contributed by atoms with Crippen LogP contribution in [0.25, 0.3) is 11.1 Å². The van der Waals surface area contributed by atoms with Crippen molar-refractivity contribution in [3.05, 3.63) is 35.0 Å². The van der Waals surface area contributed by atoms with Crippen LogP contribution in [0.2, 0.25) is 0 Å². The smallest absolute Gasteiger partial charge is 0.222 e. The van der Waals surface area contributed by atoms with Gasteiger partial charge in [0, 0.05) is 5.56 Å². The molecule has 0 radical (unpaired) electrons. The van der Waals surface area contributed by atoms with Gasteiger partial charge in [0.15, 0.2) is 0 Å². The van der Waals surface area contributed by atoms with Crippen molar-refractivity contribution in [2.24, 2.45) is 0 Å². The highest BCUT2D eigenvalue weighted by molar-refractivity contribution is 5.77. The first-order valence-corrected chi connectivity index (χ1v) is 6.73. The molecule has 0 spiro atoms. The van der Waals surface area contributed by atoms with Crippen molar-refractivity contribution in [3.8, 4) is 11.1 Å². The van der Waals surface area contributed by atoms with Crippen molar-refractivity contribution in [2.45, 2.75) is 32.6 Å². The summed E-state index contributed by atoms with van der Waals surface area (Å²) in [5.74, 6) is 0.724. The van der Waals surface area contributed by atoms with Crippen molar-refractivity contribution < 1.29 is 0 Å². The van der Waals surface area contributed by atoms with Crippen molar-refractivity contribution in [1.29, 1.82) is 0 Å². The maximum atomic E-state index is 6.04. The van der Waals surface area contributed by atoms with Crippen molar-refractivity contribution in [2.75, 3.05) is 11.5 Å². The van der Waals surface area contributed by atoms with E-state index in [0.29, 0.717) is 5.82 Å². The number of hydrogen-bond donors (Lipinski definition) is 2. The molecule has 0 saturated carbocycles. The maximum absolute atomic E-state index is 6.04. The Hall–Kier alpha value is -2.10. The number of nitrogens with two attached hydrogens (primary N) is 2. The van der Waals surface area contributed by atoms with E-state index in [1.807, 2.05) is 0 Å². The van der Waals surface area contributed by atoms with Gasteiger partial charge < -0.3 is 11.5 Å². The molecule has 4 heteroatoms. The number of benzene rings is 1. The SMILES string of the molecule is CCc1nc(N)nc(N)c1-c1ccc2c(c1)CCC2. The van der Waals surface area contributed by atoms with Gasteiger partial charge in [-0.3, -0.25) is 0 Å². The molecule has 0 bridgehead atoms. The summed E-state index contributed by atoms with van der Waals surface area (Å²) in [4.78, 5) is 8.41. The van der Waals surface area contributed by atoms with Crippen molar-refractivity contribution in [1.82, 2.24) is 9.97 Å². The van der Waals surface area contributed by atoms with E-state index in [-0.39, 0.29) is 5.95 Å². The van der Waals surface area contributed by atoms with Gasteiger partial charge in [-0.1, -0.05) is 25.1 Å². The highest BCUT2D eigenvalue weighted by Crippen LogP contribution is 2.32. The largest absolute Gasteiger partial charge is 0.383 e. The Morgan fingerprint density at radius 3 is 2.68 bits per heavy atom. The number of nitrogen functional groups attached to an aromatic ring is 2. The number of aromatic nitrogens is 2. The quantitative estimate of drug-likeness (QED) is 0.862. The van der Waals surface area contributed by atoms with E-state index in [1.54, 1.807) is 0 Å². The third-order valence-corrected chi connectivity index (χ3v) is 3.75. The van der Waals surface area contributed by atoms with Gasteiger partial charge in [0.25, 0.3) is 0 Å². The number of aryl methyl sites for hydroxylation is 3. The Morgan fingerprint density at radius 1 is 1.11 bits per heavy atom. The lowest BCUT2D eigenvalue weighted by molar-refractivity contribution is 0.912. The average molecular weight is 254 g/mol. The summed E-state index contributed by atoms with van der Waals surface area (Å²) in [7, 11) is 0. The molecule has 1 aliphatic carbocycles. The fourth-order valence-electron chi connectivity index (χ4n) is 2.84. The molecule has 0 amide bonds. The van der Waals surface area contributed by atoms with E-state index >= 15 is 0 Å². The van der Waals surface area contributed by atoms with E-state index < -0.39 is 0 Å². The first-order valence-electron chi connectivity index (χ1n) is 6.73. The Bertz CT molecular complexity index is 634. The molecule has 1 aliphatic rings. The highest BCUT2D eigenvalue weighted by atomic mass is 15.0.